The quantitative estimate of drug-likeness (QED) is 0.842. The summed E-state index contributed by atoms with van der Waals surface area (Å²) in [5.74, 6) is 1.60. The van der Waals surface area contributed by atoms with Gasteiger partial charge in [0.25, 0.3) is 0 Å². The molecule has 0 spiro atoms. The zero-order valence-corrected chi connectivity index (χ0v) is 10.1. The molecule has 0 fully saturated rings. The van der Waals surface area contributed by atoms with Gasteiger partial charge in [-0.3, -0.25) is 0 Å². The van der Waals surface area contributed by atoms with E-state index in [2.05, 4.69) is 33.6 Å². The lowest BCUT2D eigenvalue weighted by Crippen LogP contribution is -2.09. The fourth-order valence-corrected chi connectivity index (χ4v) is 1.56. The van der Waals surface area contributed by atoms with Gasteiger partial charge in [-0.1, -0.05) is 18.2 Å². The number of hydrogen-bond donors (Lipinski definition) is 2. The predicted molar refractivity (Wildman–Crippen MR) is 69.3 cm³/mol. The summed E-state index contributed by atoms with van der Waals surface area (Å²) in [7, 11) is 1.88. The Morgan fingerprint density at radius 1 is 1.18 bits per heavy atom. The summed E-state index contributed by atoms with van der Waals surface area (Å²) in [6.07, 6.45) is 1.76. The molecule has 2 rings (SSSR count). The highest BCUT2D eigenvalue weighted by Crippen LogP contribution is 2.17. The van der Waals surface area contributed by atoms with Crippen molar-refractivity contribution in [3.8, 4) is 0 Å². The molecule has 4 heteroatoms. The Hall–Kier alpha value is -1.94. The van der Waals surface area contributed by atoms with E-state index in [0.29, 0.717) is 6.54 Å². The molecule has 1 aromatic heterocycles. The maximum Gasteiger partial charge on any atom is 0.144 e. The summed E-state index contributed by atoms with van der Waals surface area (Å²) < 4.78 is 0. The first-order valence-electron chi connectivity index (χ1n) is 5.59. The zero-order chi connectivity index (χ0) is 12.1. The van der Waals surface area contributed by atoms with Crippen LogP contribution >= 0.6 is 0 Å². The standard InChI is InChI=1S/C13H16N4/c1-10-5-3-4-6-11(10)16-12-7-8-15-13(17-12)9-14-2/h3-8,14H,9H2,1-2H3,(H,15,16,17). The van der Waals surface area contributed by atoms with Crippen molar-refractivity contribution in [1.82, 2.24) is 15.3 Å². The van der Waals surface area contributed by atoms with Gasteiger partial charge in [-0.15, -0.1) is 0 Å². The van der Waals surface area contributed by atoms with Gasteiger partial charge in [0.15, 0.2) is 0 Å². The minimum absolute atomic E-state index is 0.670. The summed E-state index contributed by atoms with van der Waals surface area (Å²) in [6.45, 7) is 2.74. The molecule has 0 aliphatic rings. The number of anilines is 2. The molecule has 0 aliphatic carbocycles. The molecule has 0 saturated heterocycles. The Labute approximate surface area is 101 Å². The molecule has 0 unspecified atom stereocenters. The van der Waals surface area contributed by atoms with Crippen molar-refractivity contribution in [3.05, 3.63) is 47.9 Å². The first-order valence-corrected chi connectivity index (χ1v) is 5.59. The second kappa shape index (κ2) is 5.41. The van der Waals surface area contributed by atoms with Crippen LogP contribution in [0.4, 0.5) is 11.5 Å². The van der Waals surface area contributed by atoms with Gasteiger partial charge in [0.1, 0.15) is 11.6 Å². The van der Waals surface area contributed by atoms with E-state index in [1.165, 1.54) is 5.56 Å². The second-order valence-corrected chi connectivity index (χ2v) is 3.83. The summed E-state index contributed by atoms with van der Waals surface area (Å²) in [5.41, 5.74) is 2.27. The van der Waals surface area contributed by atoms with E-state index in [1.54, 1.807) is 6.20 Å². The predicted octanol–water partition coefficient (Wildman–Crippen LogP) is 2.25. The van der Waals surface area contributed by atoms with Crippen molar-refractivity contribution < 1.29 is 0 Å². The molecule has 0 bridgehead atoms. The molecule has 0 radical (unpaired) electrons. The number of rotatable bonds is 4. The summed E-state index contributed by atoms with van der Waals surface area (Å²) in [4.78, 5) is 8.59. The molecule has 1 aromatic carbocycles. The first kappa shape index (κ1) is 11.5. The molecule has 0 amide bonds. The number of nitrogens with zero attached hydrogens (tertiary/aromatic N) is 2. The van der Waals surface area contributed by atoms with Crippen LogP contribution in [0, 0.1) is 6.92 Å². The van der Waals surface area contributed by atoms with Gasteiger partial charge in [0, 0.05) is 11.9 Å². The third-order valence-corrected chi connectivity index (χ3v) is 2.45. The van der Waals surface area contributed by atoms with Crippen LogP contribution in [0.5, 0.6) is 0 Å². The topological polar surface area (TPSA) is 49.8 Å². The van der Waals surface area contributed by atoms with E-state index in [0.717, 1.165) is 17.3 Å². The molecule has 2 N–H and O–H groups in total. The zero-order valence-electron chi connectivity index (χ0n) is 10.1. The van der Waals surface area contributed by atoms with Crippen LogP contribution in [0.15, 0.2) is 36.5 Å². The molecule has 4 nitrogen and oxygen atoms in total. The average Bonchev–Trinajstić information content (AvgIpc) is 2.33. The van der Waals surface area contributed by atoms with E-state index in [4.69, 9.17) is 0 Å². The third-order valence-electron chi connectivity index (χ3n) is 2.45. The van der Waals surface area contributed by atoms with Crippen molar-refractivity contribution in [1.29, 1.82) is 0 Å². The lowest BCUT2D eigenvalue weighted by Gasteiger charge is -2.09. The van der Waals surface area contributed by atoms with Gasteiger partial charge >= 0.3 is 0 Å². The van der Waals surface area contributed by atoms with Gasteiger partial charge in [0.05, 0.1) is 6.54 Å². The van der Waals surface area contributed by atoms with Crippen molar-refractivity contribution in [3.63, 3.8) is 0 Å². The number of aryl methyl sites for hydroxylation is 1. The van der Waals surface area contributed by atoms with E-state index in [-0.39, 0.29) is 0 Å². The minimum atomic E-state index is 0.670. The normalized spacial score (nSPS) is 10.2. The first-order chi connectivity index (χ1) is 8.29. The Morgan fingerprint density at radius 3 is 2.76 bits per heavy atom. The van der Waals surface area contributed by atoms with Crippen molar-refractivity contribution >= 4 is 11.5 Å². The Kier molecular flexibility index (Phi) is 3.67. The van der Waals surface area contributed by atoms with Gasteiger partial charge < -0.3 is 10.6 Å². The van der Waals surface area contributed by atoms with Crippen molar-refractivity contribution in [2.24, 2.45) is 0 Å². The van der Waals surface area contributed by atoms with Crippen LogP contribution < -0.4 is 10.6 Å². The third kappa shape index (κ3) is 3.01. The van der Waals surface area contributed by atoms with Crippen LogP contribution in [0.2, 0.25) is 0 Å². The number of hydrogen-bond acceptors (Lipinski definition) is 4. The highest BCUT2D eigenvalue weighted by atomic mass is 15.0. The van der Waals surface area contributed by atoms with Gasteiger partial charge in [0.2, 0.25) is 0 Å². The Bertz CT molecular complexity index is 496. The van der Waals surface area contributed by atoms with Crippen molar-refractivity contribution in [2.45, 2.75) is 13.5 Å². The molecular weight excluding hydrogens is 212 g/mol. The number of para-hydroxylation sites is 1. The molecule has 2 aromatic rings. The highest BCUT2D eigenvalue weighted by molar-refractivity contribution is 5.59. The second-order valence-electron chi connectivity index (χ2n) is 3.83. The van der Waals surface area contributed by atoms with E-state index >= 15 is 0 Å². The molecule has 0 saturated carbocycles. The van der Waals surface area contributed by atoms with Crippen LogP contribution in [0.3, 0.4) is 0 Å². The lowest BCUT2D eigenvalue weighted by molar-refractivity contribution is 0.759. The average molecular weight is 228 g/mol. The number of nitrogens with one attached hydrogen (secondary N) is 2. The molecule has 0 atom stereocenters. The summed E-state index contributed by atoms with van der Waals surface area (Å²) in [6, 6.07) is 10.00. The smallest absolute Gasteiger partial charge is 0.144 e. The Morgan fingerprint density at radius 2 is 2.00 bits per heavy atom. The lowest BCUT2D eigenvalue weighted by atomic mass is 10.2. The van der Waals surface area contributed by atoms with Crippen molar-refractivity contribution in [2.75, 3.05) is 12.4 Å². The molecule has 1 heterocycles. The monoisotopic (exact) mass is 228 g/mol. The SMILES string of the molecule is CNCc1nccc(Nc2ccccc2C)n1. The molecular formula is C13H16N4. The maximum atomic E-state index is 4.41. The van der Waals surface area contributed by atoms with Crippen LogP contribution in [0.1, 0.15) is 11.4 Å². The molecule has 0 aliphatic heterocycles. The van der Waals surface area contributed by atoms with Crippen LogP contribution in [-0.4, -0.2) is 17.0 Å². The Balaban J connectivity index is 2.18. The maximum absolute atomic E-state index is 4.41. The van der Waals surface area contributed by atoms with Gasteiger partial charge in [-0.25, -0.2) is 9.97 Å². The molecule has 88 valence electrons. The molecule has 17 heavy (non-hydrogen) atoms. The van der Waals surface area contributed by atoms with Crippen LogP contribution in [-0.2, 0) is 6.54 Å². The van der Waals surface area contributed by atoms with Gasteiger partial charge in [-0.2, -0.15) is 0 Å². The minimum Gasteiger partial charge on any atom is -0.340 e. The van der Waals surface area contributed by atoms with Crippen LogP contribution in [0.25, 0.3) is 0 Å². The fourth-order valence-electron chi connectivity index (χ4n) is 1.56. The van der Waals surface area contributed by atoms with Gasteiger partial charge in [-0.05, 0) is 31.7 Å². The fraction of sp³-hybridized carbons (Fsp3) is 0.231. The highest BCUT2D eigenvalue weighted by Gasteiger charge is 2.00. The largest absolute Gasteiger partial charge is 0.340 e. The van der Waals surface area contributed by atoms with E-state index < -0.39 is 0 Å². The van der Waals surface area contributed by atoms with E-state index in [9.17, 15) is 0 Å². The summed E-state index contributed by atoms with van der Waals surface area (Å²) in [5, 5.41) is 6.33. The number of aromatic nitrogens is 2. The number of benzene rings is 1. The van der Waals surface area contributed by atoms with E-state index in [1.807, 2.05) is 31.3 Å². The summed E-state index contributed by atoms with van der Waals surface area (Å²) >= 11 is 0.